The number of rotatable bonds is 4. The van der Waals surface area contributed by atoms with Crippen molar-refractivity contribution in [1.82, 2.24) is 10.2 Å². The van der Waals surface area contributed by atoms with Crippen molar-refractivity contribution in [3.63, 3.8) is 0 Å². The van der Waals surface area contributed by atoms with Gasteiger partial charge in [-0.1, -0.05) is 26.2 Å². The summed E-state index contributed by atoms with van der Waals surface area (Å²) in [6.45, 7) is 1.23. The van der Waals surface area contributed by atoms with Gasteiger partial charge in [0.25, 0.3) is 6.43 Å². The van der Waals surface area contributed by atoms with Gasteiger partial charge in [0.15, 0.2) is 0 Å². The number of carbonyl (C=O) groups is 2. The maximum atomic E-state index is 12.7. The fourth-order valence-electron chi connectivity index (χ4n) is 3.17. The van der Waals surface area contributed by atoms with Crippen molar-refractivity contribution in [2.75, 3.05) is 6.54 Å². The zero-order chi connectivity index (χ0) is 14.0. The minimum Gasteiger partial charge on any atom is -0.340 e. The van der Waals surface area contributed by atoms with E-state index in [2.05, 4.69) is 5.32 Å². The number of carbonyl (C=O) groups excluding carboxylic acids is 2. The Balaban J connectivity index is 2.25. The second kappa shape index (κ2) is 5.43. The van der Waals surface area contributed by atoms with E-state index >= 15 is 0 Å². The lowest BCUT2D eigenvalue weighted by Crippen LogP contribution is -2.69. The SMILES string of the molecule is CCCC1C(=O)NC2(CCCC2)C(=O)N1CC(F)F. The first kappa shape index (κ1) is 14.2. The molecule has 1 heterocycles. The molecule has 2 amide bonds. The van der Waals surface area contributed by atoms with Crippen LogP contribution in [0.4, 0.5) is 8.78 Å². The van der Waals surface area contributed by atoms with E-state index in [1.807, 2.05) is 6.92 Å². The predicted octanol–water partition coefficient (Wildman–Crippen LogP) is 1.69. The molecule has 1 aliphatic carbocycles. The fourth-order valence-corrected chi connectivity index (χ4v) is 3.17. The van der Waals surface area contributed by atoms with Crippen LogP contribution in [-0.2, 0) is 9.59 Å². The van der Waals surface area contributed by atoms with Crippen LogP contribution >= 0.6 is 0 Å². The molecule has 1 saturated carbocycles. The topological polar surface area (TPSA) is 49.4 Å². The van der Waals surface area contributed by atoms with E-state index in [1.165, 1.54) is 0 Å². The fraction of sp³-hybridized carbons (Fsp3) is 0.846. The molecule has 2 rings (SSSR count). The first-order valence-corrected chi connectivity index (χ1v) is 6.91. The van der Waals surface area contributed by atoms with E-state index < -0.39 is 24.6 Å². The van der Waals surface area contributed by atoms with Crippen LogP contribution in [0, 0.1) is 0 Å². The standard InChI is InChI=1S/C13H20F2N2O2/c1-2-5-9-11(18)16-13(6-3-4-7-13)12(19)17(9)8-10(14)15/h9-10H,2-8H2,1H3,(H,16,18). The summed E-state index contributed by atoms with van der Waals surface area (Å²) in [4.78, 5) is 25.7. The Bertz CT molecular complexity index is 368. The predicted molar refractivity (Wildman–Crippen MR) is 65.8 cm³/mol. The van der Waals surface area contributed by atoms with E-state index in [0.717, 1.165) is 17.7 Å². The summed E-state index contributed by atoms with van der Waals surface area (Å²) in [6, 6.07) is -0.738. The van der Waals surface area contributed by atoms with Gasteiger partial charge in [0.1, 0.15) is 11.6 Å². The summed E-state index contributed by atoms with van der Waals surface area (Å²) in [5, 5.41) is 2.80. The molecule has 1 unspecified atom stereocenters. The Kier molecular flexibility index (Phi) is 4.06. The first-order valence-electron chi connectivity index (χ1n) is 6.91. The first-order chi connectivity index (χ1) is 9.00. The second-order valence-corrected chi connectivity index (χ2v) is 5.43. The Morgan fingerprint density at radius 1 is 1.37 bits per heavy atom. The monoisotopic (exact) mass is 274 g/mol. The maximum absolute atomic E-state index is 12.7. The quantitative estimate of drug-likeness (QED) is 0.848. The average Bonchev–Trinajstić information content (AvgIpc) is 2.80. The van der Waals surface area contributed by atoms with Gasteiger partial charge in [0, 0.05) is 0 Å². The molecule has 0 radical (unpaired) electrons. The van der Waals surface area contributed by atoms with Gasteiger partial charge < -0.3 is 10.2 Å². The molecule has 0 bridgehead atoms. The molecule has 2 aliphatic rings. The van der Waals surface area contributed by atoms with Crippen molar-refractivity contribution in [1.29, 1.82) is 0 Å². The molecule has 1 saturated heterocycles. The lowest BCUT2D eigenvalue weighted by atomic mass is 9.89. The van der Waals surface area contributed by atoms with Crippen molar-refractivity contribution in [2.45, 2.75) is 63.5 Å². The second-order valence-electron chi connectivity index (χ2n) is 5.43. The van der Waals surface area contributed by atoms with E-state index in [-0.39, 0.29) is 11.8 Å². The molecule has 1 atom stereocenters. The van der Waals surface area contributed by atoms with Gasteiger partial charge in [-0.2, -0.15) is 0 Å². The molecular formula is C13H20F2N2O2. The molecule has 0 aromatic rings. The van der Waals surface area contributed by atoms with Crippen molar-refractivity contribution in [2.24, 2.45) is 0 Å². The summed E-state index contributed by atoms with van der Waals surface area (Å²) in [5.74, 6) is -0.590. The molecule has 4 nitrogen and oxygen atoms in total. The Morgan fingerprint density at radius 3 is 2.53 bits per heavy atom. The number of nitrogens with zero attached hydrogens (tertiary/aromatic N) is 1. The smallest absolute Gasteiger partial charge is 0.255 e. The molecule has 6 heteroatoms. The van der Waals surface area contributed by atoms with Gasteiger partial charge in [-0.3, -0.25) is 9.59 Å². The van der Waals surface area contributed by atoms with Gasteiger partial charge in [0.2, 0.25) is 11.8 Å². The van der Waals surface area contributed by atoms with Crippen LogP contribution in [0.2, 0.25) is 0 Å². The third kappa shape index (κ3) is 2.58. The summed E-state index contributed by atoms with van der Waals surface area (Å²) in [6.07, 6.45) is 1.35. The molecule has 1 spiro atoms. The summed E-state index contributed by atoms with van der Waals surface area (Å²) in [5.41, 5.74) is -0.907. The van der Waals surface area contributed by atoms with Crippen LogP contribution in [-0.4, -0.2) is 41.3 Å². The zero-order valence-corrected chi connectivity index (χ0v) is 11.1. The molecule has 0 aromatic carbocycles. The number of nitrogens with one attached hydrogen (secondary N) is 1. The molecule has 19 heavy (non-hydrogen) atoms. The molecule has 1 N–H and O–H groups in total. The minimum absolute atomic E-state index is 0.274. The van der Waals surface area contributed by atoms with Crippen LogP contribution < -0.4 is 5.32 Å². The molecule has 2 fully saturated rings. The van der Waals surface area contributed by atoms with Gasteiger partial charge in [-0.25, -0.2) is 8.78 Å². The van der Waals surface area contributed by atoms with E-state index in [1.54, 1.807) is 0 Å². The van der Waals surface area contributed by atoms with Crippen LogP contribution in [0.3, 0.4) is 0 Å². The highest BCUT2D eigenvalue weighted by Gasteiger charge is 2.52. The van der Waals surface area contributed by atoms with Crippen molar-refractivity contribution in [3.8, 4) is 0 Å². The van der Waals surface area contributed by atoms with Crippen LogP contribution in [0.1, 0.15) is 45.4 Å². The number of piperazine rings is 1. The highest BCUT2D eigenvalue weighted by Crippen LogP contribution is 2.35. The Labute approximate surface area is 111 Å². The van der Waals surface area contributed by atoms with Gasteiger partial charge in [0.05, 0.1) is 6.54 Å². The Hall–Kier alpha value is -1.20. The number of hydrogen-bond donors (Lipinski definition) is 1. The Morgan fingerprint density at radius 2 is 2.00 bits per heavy atom. The number of hydrogen-bond acceptors (Lipinski definition) is 2. The van der Waals surface area contributed by atoms with Crippen molar-refractivity contribution < 1.29 is 18.4 Å². The minimum atomic E-state index is -2.60. The summed E-state index contributed by atoms with van der Waals surface area (Å²) in [7, 11) is 0. The molecule has 0 aromatic heterocycles. The maximum Gasteiger partial charge on any atom is 0.255 e. The van der Waals surface area contributed by atoms with E-state index in [0.29, 0.717) is 25.7 Å². The largest absolute Gasteiger partial charge is 0.340 e. The van der Waals surface area contributed by atoms with E-state index in [4.69, 9.17) is 0 Å². The van der Waals surface area contributed by atoms with Crippen molar-refractivity contribution in [3.05, 3.63) is 0 Å². The average molecular weight is 274 g/mol. The lowest BCUT2D eigenvalue weighted by Gasteiger charge is -2.44. The van der Waals surface area contributed by atoms with E-state index in [9.17, 15) is 18.4 Å². The lowest BCUT2D eigenvalue weighted by molar-refractivity contribution is -0.157. The normalized spacial score (nSPS) is 26.3. The molecule has 1 aliphatic heterocycles. The summed E-state index contributed by atoms with van der Waals surface area (Å²) >= 11 is 0. The number of amides is 2. The van der Waals surface area contributed by atoms with Gasteiger partial charge in [-0.05, 0) is 19.3 Å². The zero-order valence-electron chi connectivity index (χ0n) is 11.1. The van der Waals surface area contributed by atoms with Crippen LogP contribution in [0.25, 0.3) is 0 Å². The molecular weight excluding hydrogens is 254 g/mol. The van der Waals surface area contributed by atoms with Crippen molar-refractivity contribution >= 4 is 11.8 Å². The van der Waals surface area contributed by atoms with Gasteiger partial charge in [-0.15, -0.1) is 0 Å². The third-order valence-electron chi connectivity index (χ3n) is 4.07. The number of alkyl halides is 2. The molecule has 108 valence electrons. The highest BCUT2D eigenvalue weighted by atomic mass is 19.3. The van der Waals surface area contributed by atoms with Crippen LogP contribution in [0.15, 0.2) is 0 Å². The third-order valence-corrected chi connectivity index (χ3v) is 4.07. The summed E-state index contributed by atoms with van der Waals surface area (Å²) < 4.78 is 25.4. The highest BCUT2D eigenvalue weighted by molar-refractivity contribution is 6.00. The van der Waals surface area contributed by atoms with Crippen LogP contribution in [0.5, 0.6) is 0 Å². The number of halogens is 2. The van der Waals surface area contributed by atoms with Gasteiger partial charge >= 0.3 is 0 Å².